The summed E-state index contributed by atoms with van der Waals surface area (Å²) in [5.74, 6) is -0.303. The van der Waals surface area contributed by atoms with Crippen LogP contribution in [0.1, 0.15) is 5.56 Å². The van der Waals surface area contributed by atoms with E-state index >= 15 is 0 Å². The van der Waals surface area contributed by atoms with E-state index in [-0.39, 0.29) is 5.75 Å². The van der Waals surface area contributed by atoms with Gasteiger partial charge in [0.15, 0.2) is 5.82 Å². The second-order valence-electron chi connectivity index (χ2n) is 4.31. The molecule has 0 spiro atoms. The van der Waals surface area contributed by atoms with Crippen molar-refractivity contribution in [2.45, 2.75) is 6.36 Å². The van der Waals surface area contributed by atoms with Crippen LogP contribution in [0.3, 0.4) is 0 Å². The van der Waals surface area contributed by atoms with Crippen molar-refractivity contribution in [1.82, 2.24) is 9.78 Å². The van der Waals surface area contributed by atoms with E-state index in [2.05, 4.69) is 15.2 Å². The van der Waals surface area contributed by atoms with Crippen molar-refractivity contribution in [2.24, 2.45) is 7.05 Å². The highest BCUT2D eigenvalue weighted by Gasteiger charge is 2.30. The van der Waals surface area contributed by atoms with Gasteiger partial charge in [-0.1, -0.05) is 12.1 Å². The molecule has 0 aliphatic rings. The molecule has 1 N–H and O–H groups in total. The van der Waals surface area contributed by atoms with Gasteiger partial charge < -0.3 is 10.1 Å². The Morgan fingerprint density at radius 2 is 1.95 bits per heavy atom. The van der Waals surface area contributed by atoms with E-state index in [1.807, 2.05) is 0 Å². The van der Waals surface area contributed by atoms with Crippen molar-refractivity contribution in [3.8, 4) is 5.75 Å². The second kappa shape index (κ2) is 6.33. The molecule has 0 radical (unpaired) electrons. The highest BCUT2D eigenvalue weighted by Crippen LogP contribution is 2.22. The number of ether oxygens (including phenoxy) is 1. The zero-order chi connectivity index (χ0) is 16.2. The lowest BCUT2D eigenvalue weighted by atomic mass is 10.2. The van der Waals surface area contributed by atoms with Crippen molar-refractivity contribution >= 4 is 17.8 Å². The van der Waals surface area contributed by atoms with E-state index in [1.165, 1.54) is 36.4 Å². The number of rotatable bonds is 4. The molecule has 0 saturated carbocycles. The van der Waals surface area contributed by atoms with Gasteiger partial charge in [-0.2, -0.15) is 5.10 Å². The first-order valence-electron chi connectivity index (χ1n) is 6.16. The van der Waals surface area contributed by atoms with Gasteiger partial charge in [0.1, 0.15) is 5.75 Å². The normalized spacial score (nSPS) is 11.6. The molecular formula is C14H12F3N3O2. The number of aromatic nitrogens is 2. The first kappa shape index (κ1) is 15.6. The number of carbonyl (C=O) groups excluding carboxylic acids is 1. The number of alkyl halides is 3. The second-order valence-corrected chi connectivity index (χ2v) is 4.31. The van der Waals surface area contributed by atoms with Crippen molar-refractivity contribution in [2.75, 3.05) is 5.32 Å². The monoisotopic (exact) mass is 311 g/mol. The smallest absolute Gasteiger partial charge is 0.406 e. The summed E-state index contributed by atoms with van der Waals surface area (Å²) in [7, 11) is 1.72. The van der Waals surface area contributed by atoms with Crippen LogP contribution >= 0.6 is 0 Å². The van der Waals surface area contributed by atoms with E-state index in [4.69, 9.17) is 0 Å². The van der Waals surface area contributed by atoms with E-state index in [0.29, 0.717) is 11.4 Å². The van der Waals surface area contributed by atoms with Gasteiger partial charge in [0, 0.05) is 25.4 Å². The van der Waals surface area contributed by atoms with Gasteiger partial charge in [-0.05, 0) is 23.8 Å². The molecule has 1 amide bonds. The average molecular weight is 311 g/mol. The Bertz CT molecular complexity index is 675. The summed E-state index contributed by atoms with van der Waals surface area (Å²) in [6, 6.07) is 6.79. The molecule has 1 heterocycles. The van der Waals surface area contributed by atoms with E-state index in [1.54, 1.807) is 24.0 Å². The number of aryl methyl sites for hydroxylation is 1. The lowest BCUT2D eigenvalue weighted by Crippen LogP contribution is -2.16. The Morgan fingerprint density at radius 1 is 1.27 bits per heavy atom. The van der Waals surface area contributed by atoms with Gasteiger partial charge in [-0.15, -0.1) is 13.2 Å². The fraction of sp³-hybridized carbons (Fsp3) is 0.143. The van der Waals surface area contributed by atoms with Crippen molar-refractivity contribution in [3.05, 3.63) is 48.2 Å². The van der Waals surface area contributed by atoms with E-state index in [0.717, 1.165) is 0 Å². The number of carbonyl (C=O) groups is 1. The number of amides is 1. The zero-order valence-corrected chi connectivity index (χ0v) is 11.5. The van der Waals surface area contributed by atoms with Crippen LogP contribution in [-0.2, 0) is 11.8 Å². The third-order valence-electron chi connectivity index (χ3n) is 2.51. The lowest BCUT2D eigenvalue weighted by Gasteiger charge is -2.08. The topological polar surface area (TPSA) is 56.2 Å². The summed E-state index contributed by atoms with van der Waals surface area (Å²) in [5, 5.41) is 6.52. The molecule has 5 nitrogen and oxygen atoms in total. The Hall–Kier alpha value is -2.77. The molecule has 0 bridgehead atoms. The van der Waals surface area contributed by atoms with Crippen molar-refractivity contribution in [3.63, 3.8) is 0 Å². The molecule has 0 fully saturated rings. The number of hydrogen-bond acceptors (Lipinski definition) is 3. The number of hydrogen-bond donors (Lipinski definition) is 1. The number of benzene rings is 1. The summed E-state index contributed by atoms with van der Waals surface area (Å²) in [5.41, 5.74) is 0.561. The number of nitrogens with one attached hydrogen (secondary N) is 1. The molecule has 1 aromatic heterocycles. The van der Waals surface area contributed by atoms with E-state index in [9.17, 15) is 18.0 Å². The summed E-state index contributed by atoms with van der Waals surface area (Å²) < 4.78 is 41.3. The molecule has 2 rings (SSSR count). The number of anilines is 1. The molecular weight excluding hydrogens is 299 g/mol. The van der Waals surface area contributed by atoms with Crippen LogP contribution in [0.2, 0.25) is 0 Å². The van der Waals surface area contributed by atoms with Crippen LogP contribution < -0.4 is 10.1 Å². The van der Waals surface area contributed by atoms with Crippen LogP contribution in [0.5, 0.6) is 5.75 Å². The maximum absolute atomic E-state index is 12.0. The zero-order valence-electron chi connectivity index (χ0n) is 11.5. The van der Waals surface area contributed by atoms with Gasteiger partial charge in [0.25, 0.3) is 0 Å². The molecule has 116 valence electrons. The van der Waals surface area contributed by atoms with Gasteiger partial charge in [0.05, 0.1) is 0 Å². The van der Waals surface area contributed by atoms with Gasteiger partial charge in [-0.3, -0.25) is 9.48 Å². The minimum absolute atomic E-state index is 0.317. The largest absolute Gasteiger partial charge is 0.573 e. The fourth-order valence-electron chi connectivity index (χ4n) is 1.60. The maximum Gasteiger partial charge on any atom is 0.573 e. The summed E-state index contributed by atoms with van der Waals surface area (Å²) in [4.78, 5) is 11.6. The predicted octanol–water partition coefficient (Wildman–Crippen LogP) is 2.97. The maximum atomic E-state index is 12.0. The molecule has 0 saturated heterocycles. The van der Waals surface area contributed by atoms with Crippen LogP contribution in [0.25, 0.3) is 6.08 Å². The first-order chi connectivity index (χ1) is 10.3. The molecule has 22 heavy (non-hydrogen) atoms. The highest BCUT2D eigenvalue weighted by atomic mass is 19.4. The molecule has 2 aromatic rings. The molecule has 1 aromatic carbocycles. The quantitative estimate of drug-likeness (QED) is 0.883. The van der Waals surface area contributed by atoms with Crippen molar-refractivity contribution in [1.29, 1.82) is 0 Å². The molecule has 8 heteroatoms. The summed E-state index contributed by atoms with van der Waals surface area (Å²) in [6.45, 7) is 0. The van der Waals surface area contributed by atoms with Gasteiger partial charge >= 0.3 is 6.36 Å². The van der Waals surface area contributed by atoms with Crippen LogP contribution in [0, 0.1) is 0 Å². The van der Waals surface area contributed by atoms with Crippen LogP contribution in [-0.4, -0.2) is 22.1 Å². The highest BCUT2D eigenvalue weighted by molar-refractivity contribution is 6.01. The van der Waals surface area contributed by atoms with Crippen molar-refractivity contribution < 1.29 is 22.7 Å². The average Bonchev–Trinajstić information content (AvgIpc) is 2.81. The Morgan fingerprint density at radius 3 is 2.50 bits per heavy atom. The molecule has 0 atom stereocenters. The van der Waals surface area contributed by atoms with Crippen LogP contribution in [0.4, 0.5) is 19.0 Å². The fourth-order valence-corrected chi connectivity index (χ4v) is 1.60. The van der Waals surface area contributed by atoms with Crippen LogP contribution in [0.15, 0.2) is 42.6 Å². The third kappa shape index (κ3) is 4.97. The standard InChI is InChI=1S/C14H12F3N3O2/c1-20-9-8-12(19-20)18-13(21)7-4-10-2-5-11(6-3-10)22-14(15,16)17/h2-9H,1H3,(H,18,19,21)/b7-4+. The Labute approximate surface area is 124 Å². The Kier molecular flexibility index (Phi) is 4.50. The van der Waals surface area contributed by atoms with Gasteiger partial charge in [0.2, 0.25) is 5.91 Å². The molecule has 0 aliphatic heterocycles. The predicted molar refractivity (Wildman–Crippen MR) is 74.0 cm³/mol. The van der Waals surface area contributed by atoms with Gasteiger partial charge in [-0.25, -0.2) is 0 Å². The first-order valence-corrected chi connectivity index (χ1v) is 6.16. The Balaban J connectivity index is 1.93. The van der Waals surface area contributed by atoms with E-state index < -0.39 is 12.3 Å². The molecule has 0 unspecified atom stereocenters. The summed E-state index contributed by atoms with van der Waals surface area (Å²) >= 11 is 0. The third-order valence-corrected chi connectivity index (χ3v) is 2.51. The number of halogens is 3. The lowest BCUT2D eigenvalue weighted by molar-refractivity contribution is -0.274. The minimum atomic E-state index is -4.72. The SMILES string of the molecule is Cn1ccc(NC(=O)/C=C/c2ccc(OC(F)(F)F)cc2)n1. The molecule has 0 aliphatic carbocycles. The number of nitrogens with zero attached hydrogens (tertiary/aromatic N) is 2. The minimum Gasteiger partial charge on any atom is -0.406 e. The summed E-state index contributed by atoms with van der Waals surface area (Å²) in [6.07, 6.45) is -0.317.